The van der Waals surface area contributed by atoms with E-state index in [-0.39, 0.29) is 5.41 Å². The normalized spacial score (nSPS) is 11.5. The SMILES string of the molecule is CC(C)(C)c1cccc(C=Nc2c3ccccc3cc3ccccc23)c1O.[Cl][Zr][Cl]. The summed E-state index contributed by atoms with van der Waals surface area (Å²) in [4.78, 5) is 4.83. The number of hydrogen-bond donors (Lipinski definition) is 1. The molecule has 152 valence electrons. The van der Waals surface area contributed by atoms with Crippen LogP contribution in [0.25, 0.3) is 21.5 Å². The minimum absolute atomic E-state index is 0.125. The van der Waals surface area contributed by atoms with Crippen molar-refractivity contribution in [1.82, 2.24) is 0 Å². The second-order valence-electron chi connectivity index (χ2n) is 7.99. The molecule has 0 amide bonds. The van der Waals surface area contributed by atoms with E-state index in [0.717, 1.165) is 38.4 Å². The van der Waals surface area contributed by atoms with Crippen LogP contribution < -0.4 is 0 Å². The molecule has 0 atom stereocenters. The van der Waals surface area contributed by atoms with E-state index in [9.17, 15) is 5.11 Å². The first kappa shape index (κ1) is 23.0. The number of benzene rings is 4. The molecule has 4 aromatic carbocycles. The van der Waals surface area contributed by atoms with Crippen LogP contribution in [0.5, 0.6) is 5.75 Å². The van der Waals surface area contributed by atoms with Gasteiger partial charge in [0.05, 0.1) is 5.69 Å². The minimum atomic E-state index is -0.826. The molecule has 30 heavy (non-hydrogen) atoms. The summed E-state index contributed by atoms with van der Waals surface area (Å²) in [5.41, 5.74) is 2.47. The number of aliphatic imine (C=N–C) groups is 1. The monoisotopic (exact) mass is 513 g/mol. The maximum absolute atomic E-state index is 10.7. The average Bonchev–Trinajstić information content (AvgIpc) is 2.71. The third kappa shape index (κ3) is 5.14. The van der Waals surface area contributed by atoms with E-state index in [1.165, 1.54) is 0 Å². The summed E-state index contributed by atoms with van der Waals surface area (Å²) in [6.45, 7) is 6.30. The molecule has 0 fully saturated rings. The van der Waals surface area contributed by atoms with Crippen molar-refractivity contribution in [2.45, 2.75) is 26.2 Å². The van der Waals surface area contributed by atoms with Gasteiger partial charge in [-0.25, -0.2) is 0 Å². The molecule has 0 aliphatic heterocycles. The summed E-state index contributed by atoms with van der Waals surface area (Å²) in [7, 11) is 9.87. The van der Waals surface area contributed by atoms with Gasteiger partial charge < -0.3 is 5.11 Å². The molecular weight excluding hydrogens is 492 g/mol. The fraction of sp³-hybridized carbons (Fsp3) is 0.160. The number of aromatic hydroxyl groups is 1. The van der Waals surface area contributed by atoms with Gasteiger partial charge in [0, 0.05) is 22.6 Å². The van der Waals surface area contributed by atoms with Gasteiger partial charge in [-0.3, -0.25) is 4.99 Å². The van der Waals surface area contributed by atoms with Gasteiger partial charge in [0.15, 0.2) is 0 Å². The predicted molar refractivity (Wildman–Crippen MR) is 127 cm³/mol. The second kappa shape index (κ2) is 10.1. The van der Waals surface area contributed by atoms with Crippen LogP contribution in [0, 0.1) is 0 Å². The summed E-state index contributed by atoms with van der Waals surface area (Å²) in [5.74, 6) is 0.304. The molecule has 0 unspecified atom stereocenters. The van der Waals surface area contributed by atoms with Crippen LogP contribution in [0.4, 0.5) is 5.69 Å². The molecule has 0 saturated heterocycles. The standard InChI is InChI=1S/C25H23NO.2ClH.Zr/c1-25(2,3)22-14-8-11-19(24(22)27)16-26-23-20-12-6-4-9-17(20)15-18-10-5-7-13-21(18)23;;;/h4-16,27H,1-3H3;2*1H;/q;;;+2/p-2. The Hall–Kier alpha value is -1.67. The van der Waals surface area contributed by atoms with E-state index in [2.05, 4.69) is 51.1 Å². The topological polar surface area (TPSA) is 32.6 Å². The average molecular weight is 516 g/mol. The fourth-order valence-corrected chi connectivity index (χ4v) is 3.53. The summed E-state index contributed by atoms with van der Waals surface area (Å²) < 4.78 is 0. The van der Waals surface area contributed by atoms with Crippen molar-refractivity contribution in [2.24, 2.45) is 4.99 Å². The Balaban J connectivity index is 0.000000806. The summed E-state index contributed by atoms with van der Waals surface area (Å²) in [6.07, 6.45) is 1.78. The van der Waals surface area contributed by atoms with Crippen LogP contribution in [-0.4, -0.2) is 11.3 Å². The van der Waals surface area contributed by atoms with Gasteiger partial charge in [0.1, 0.15) is 5.75 Å². The van der Waals surface area contributed by atoms with E-state index in [4.69, 9.17) is 22.0 Å². The molecule has 0 aliphatic rings. The Kier molecular flexibility index (Phi) is 7.74. The van der Waals surface area contributed by atoms with E-state index in [0.29, 0.717) is 5.75 Å². The van der Waals surface area contributed by atoms with Crippen molar-refractivity contribution in [1.29, 1.82) is 0 Å². The zero-order valence-electron chi connectivity index (χ0n) is 17.2. The Morgan fingerprint density at radius 3 is 1.90 bits per heavy atom. The molecule has 4 rings (SSSR count). The molecule has 2 nitrogen and oxygen atoms in total. The molecule has 0 saturated carbocycles. The Bertz CT molecular complexity index is 1140. The molecule has 0 aliphatic carbocycles. The number of phenolic OH excluding ortho intramolecular Hbond substituents is 1. The zero-order chi connectivity index (χ0) is 21.7. The summed E-state index contributed by atoms with van der Waals surface area (Å²) in [5, 5.41) is 15.3. The third-order valence-electron chi connectivity index (χ3n) is 4.95. The number of halogens is 2. The first-order chi connectivity index (χ1) is 14.4. The van der Waals surface area contributed by atoms with E-state index in [1.54, 1.807) is 6.21 Å². The first-order valence-corrected chi connectivity index (χ1v) is 15.9. The van der Waals surface area contributed by atoms with Crippen LogP contribution in [0.15, 0.2) is 77.8 Å². The molecule has 0 spiro atoms. The van der Waals surface area contributed by atoms with E-state index in [1.807, 2.05) is 42.5 Å². The summed E-state index contributed by atoms with van der Waals surface area (Å²) in [6, 6.07) is 24.6. The molecule has 1 N–H and O–H groups in total. The Labute approximate surface area is 196 Å². The number of nitrogens with zero attached hydrogens (tertiary/aromatic N) is 1. The maximum atomic E-state index is 10.7. The van der Waals surface area contributed by atoms with E-state index < -0.39 is 20.8 Å². The number of hydrogen-bond acceptors (Lipinski definition) is 2. The van der Waals surface area contributed by atoms with Crippen molar-refractivity contribution in [3.8, 4) is 5.75 Å². The fourth-order valence-electron chi connectivity index (χ4n) is 3.53. The van der Waals surface area contributed by atoms with Crippen molar-refractivity contribution >= 4 is 50.5 Å². The molecule has 0 heterocycles. The van der Waals surface area contributed by atoms with Crippen molar-refractivity contribution in [2.75, 3.05) is 0 Å². The van der Waals surface area contributed by atoms with Crippen LogP contribution in [-0.2, 0) is 26.3 Å². The van der Waals surface area contributed by atoms with Gasteiger partial charge in [-0.05, 0) is 33.9 Å². The molecular formula is C25H23Cl2NOZr. The Morgan fingerprint density at radius 2 is 1.37 bits per heavy atom. The number of rotatable bonds is 2. The summed E-state index contributed by atoms with van der Waals surface area (Å²) >= 11 is -0.826. The third-order valence-corrected chi connectivity index (χ3v) is 4.95. The van der Waals surface area contributed by atoms with Gasteiger partial charge in [-0.2, -0.15) is 0 Å². The van der Waals surface area contributed by atoms with Gasteiger partial charge in [-0.15, -0.1) is 0 Å². The quantitative estimate of drug-likeness (QED) is 0.212. The van der Waals surface area contributed by atoms with Crippen molar-refractivity contribution in [3.63, 3.8) is 0 Å². The molecule has 5 heteroatoms. The van der Waals surface area contributed by atoms with Crippen LogP contribution in [0.2, 0.25) is 0 Å². The van der Waals surface area contributed by atoms with Crippen molar-refractivity contribution < 1.29 is 26.0 Å². The predicted octanol–water partition coefficient (Wildman–Crippen LogP) is 8.12. The number of fused-ring (bicyclic) bond motifs is 2. The van der Waals surface area contributed by atoms with Crippen molar-refractivity contribution in [3.05, 3.63) is 83.9 Å². The zero-order valence-corrected chi connectivity index (χ0v) is 21.1. The number of para-hydroxylation sites is 1. The van der Waals surface area contributed by atoms with Gasteiger partial charge in [0.2, 0.25) is 0 Å². The van der Waals surface area contributed by atoms with Crippen LogP contribution >= 0.6 is 17.0 Å². The van der Waals surface area contributed by atoms with Gasteiger partial charge in [0.25, 0.3) is 0 Å². The molecule has 0 radical (unpaired) electrons. The second-order valence-corrected chi connectivity index (χ2v) is 11.7. The molecule has 0 bridgehead atoms. The van der Waals surface area contributed by atoms with Gasteiger partial charge >= 0.3 is 37.9 Å². The molecule has 0 aromatic heterocycles. The molecule has 4 aromatic rings. The van der Waals surface area contributed by atoms with Crippen LogP contribution in [0.3, 0.4) is 0 Å². The van der Waals surface area contributed by atoms with Crippen LogP contribution in [0.1, 0.15) is 31.9 Å². The first-order valence-electron chi connectivity index (χ1n) is 9.60. The Morgan fingerprint density at radius 1 is 0.833 bits per heavy atom. The van der Waals surface area contributed by atoms with E-state index >= 15 is 0 Å². The van der Waals surface area contributed by atoms with Gasteiger partial charge in [-0.1, -0.05) is 81.4 Å². The number of phenols is 1.